The molecule has 4 heteroatoms. The SMILES string of the molecule is COc1cc(C=CC2CCOC(Oc3ccccc3)C2)cc(OC)c1. The molecule has 0 saturated carbocycles. The van der Waals surface area contributed by atoms with E-state index in [2.05, 4.69) is 12.2 Å². The number of hydrogen-bond donors (Lipinski definition) is 0. The molecule has 1 saturated heterocycles. The summed E-state index contributed by atoms with van der Waals surface area (Å²) >= 11 is 0. The summed E-state index contributed by atoms with van der Waals surface area (Å²) < 4.78 is 22.3. The van der Waals surface area contributed by atoms with Gasteiger partial charge in [-0.3, -0.25) is 0 Å². The topological polar surface area (TPSA) is 36.9 Å². The molecule has 2 aromatic rings. The first-order valence-corrected chi connectivity index (χ1v) is 8.51. The Balaban J connectivity index is 1.63. The van der Waals surface area contributed by atoms with Crippen LogP contribution >= 0.6 is 0 Å². The third-order valence-electron chi connectivity index (χ3n) is 4.23. The minimum atomic E-state index is -0.203. The lowest BCUT2D eigenvalue weighted by molar-refractivity contribution is -0.115. The molecule has 3 rings (SSSR count). The van der Waals surface area contributed by atoms with Crippen LogP contribution in [0.15, 0.2) is 54.6 Å². The van der Waals surface area contributed by atoms with Gasteiger partial charge in [0.15, 0.2) is 6.29 Å². The van der Waals surface area contributed by atoms with Gasteiger partial charge in [0.05, 0.1) is 20.8 Å². The highest BCUT2D eigenvalue weighted by Gasteiger charge is 2.22. The number of hydrogen-bond acceptors (Lipinski definition) is 4. The van der Waals surface area contributed by atoms with E-state index in [1.54, 1.807) is 14.2 Å². The first-order chi connectivity index (χ1) is 12.3. The van der Waals surface area contributed by atoms with Gasteiger partial charge in [0.25, 0.3) is 0 Å². The van der Waals surface area contributed by atoms with Gasteiger partial charge < -0.3 is 18.9 Å². The van der Waals surface area contributed by atoms with Crippen LogP contribution in [-0.4, -0.2) is 27.1 Å². The van der Waals surface area contributed by atoms with E-state index in [-0.39, 0.29) is 6.29 Å². The van der Waals surface area contributed by atoms with Gasteiger partial charge in [-0.2, -0.15) is 0 Å². The Kier molecular flexibility index (Phi) is 5.96. The zero-order valence-electron chi connectivity index (χ0n) is 14.7. The van der Waals surface area contributed by atoms with E-state index in [1.807, 2.05) is 48.5 Å². The van der Waals surface area contributed by atoms with Crippen molar-refractivity contribution in [1.29, 1.82) is 0 Å². The van der Waals surface area contributed by atoms with E-state index in [0.29, 0.717) is 12.5 Å². The van der Waals surface area contributed by atoms with Crippen LogP contribution in [0.4, 0.5) is 0 Å². The lowest BCUT2D eigenvalue weighted by Gasteiger charge is -2.28. The van der Waals surface area contributed by atoms with Crippen molar-refractivity contribution in [1.82, 2.24) is 0 Å². The third kappa shape index (κ3) is 5.00. The highest BCUT2D eigenvalue weighted by molar-refractivity contribution is 5.55. The molecule has 0 aliphatic carbocycles. The summed E-state index contributed by atoms with van der Waals surface area (Å²) in [5.41, 5.74) is 1.06. The fourth-order valence-corrected chi connectivity index (χ4v) is 2.86. The average molecular weight is 340 g/mol. The van der Waals surface area contributed by atoms with Gasteiger partial charge in [-0.05, 0) is 42.2 Å². The Morgan fingerprint density at radius 3 is 2.36 bits per heavy atom. The summed E-state index contributed by atoms with van der Waals surface area (Å²) in [6.45, 7) is 0.702. The largest absolute Gasteiger partial charge is 0.497 e. The van der Waals surface area contributed by atoms with Gasteiger partial charge in [0.1, 0.15) is 17.2 Å². The summed E-state index contributed by atoms with van der Waals surface area (Å²) in [6.07, 6.45) is 5.96. The molecule has 1 heterocycles. The van der Waals surface area contributed by atoms with Crippen LogP contribution < -0.4 is 14.2 Å². The number of ether oxygens (including phenoxy) is 4. The van der Waals surface area contributed by atoms with Crippen LogP contribution in [0.25, 0.3) is 6.08 Å². The summed E-state index contributed by atoms with van der Waals surface area (Å²) in [5.74, 6) is 2.84. The molecule has 25 heavy (non-hydrogen) atoms. The number of para-hydroxylation sites is 1. The summed E-state index contributed by atoms with van der Waals surface area (Å²) in [4.78, 5) is 0. The van der Waals surface area contributed by atoms with E-state index in [4.69, 9.17) is 18.9 Å². The maximum atomic E-state index is 5.91. The van der Waals surface area contributed by atoms with E-state index in [0.717, 1.165) is 35.7 Å². The summed E-state index contributed by atoms with van der Waals surface area (Å²) in [6, 6.07) is 15.7. The lowest BCUT2D eigenvalue weighted by Crippen LogP contribution is -2.29. The second kappa shape index (κ2) is 8.58. The van der Waals surface area contributed by atoms with Crippen molar-refractivity contribution in [2.24, 2.45) is 5.92 Å². The lowest BCUT2D eigenvalue weighted by atomic mass is 9.97. The maximum absolute atomic E-state index is 5.91. The first kappa shape index (κ1) is 17.4. The molecule has 4 nitrogen and oxygen atoms in total. The molecule has 0 radical (unpaired) electrons. The Hall–Kier alpha value is -2.46. The second-order valence-corrected chi connectivity index (χ2v) is 6.02. The van der Waals surface area contributed by atoms with Crippen molar-refractivity contribution in [2.45, 2.75) is 19.1 Å². The fraction of sp³-hybridized carbons (Fsp3) is 0.333. The first-order valence-electron chi connectivity index (χ1n) is 8.51. The van der Waals surface area contributed by atoms with E-state index < -0.39 is 0 Å². The van der Waals surface area contributed by atoms with Gasteiger partial charge >= 0.3 is 0 Å². The second-order valence-electron chi connectivity index (χ2n) is 6.02. The molecular weight excluding hydrogens is 316 g/mol. The zero-order chi connectivity index (χ0) is 17.5. The van der Waals surface area contributed by atoms with E-state index >= 15 is 0 Å². The fourth-order valence-electron chi connectivity index (χ4n) is 2.86. The zero-order valence-corrected chi connectivity index (χ0v) is 14.7. The normalized spacial score (nSPS) is 20.4. The van der Waals surface area contributed by atoms with Crippen LogP contribution in [0, 0.1) is 5.92 Å². The van der Waals surface area contributed by atoms with Crippen molar-refractivity contribution in [3.63, 3.8) is 0 Å². The minimum Gasteiger partial charge on any atom is -0.497 e. The van der Waals surface area contributed by atoms with Gasteiger partial charge in [0, 0.05) is 12.5 Å². The molecule has 1 fully saturated rings. The van der Waals surface area contributed by atoms with Crippen LogP contribution in [-0.2, 0) is 4.74 Å². The highest BCUT2D eigenvalue weighted by Crippen LogP contribution is 2.27. The van der Waals surface area contributed by atoms with Crippen molar-refractivity contribution in [3.05, 3.63) is 60.2 Å². The van der Waals surface area contributed by atoms with Gasteiger partial charge in [-0.15, -0.1) is 0 Å². The highest BCUT2D eigenvalue weighted by atomic mass is 16.7. The number of methoxy groups -OCH3 is 2. The number of rotatable bonds is 6. The quantitative estimate of drug-likeness (QED) is 0.773. The summed E-state index contributed by atoms with van der Waals surface area (Å²) in [7, 11) is 3.32. The third-order valence-corrected chi connectivity index (χ3v) is 4.23. The van der Waals surface area contributed by atoms with Gasteiger partial charge in [0.2, 0.25) is 0 Å². The molecule has 0 aromatic heterocycles. The van der Waals surface area contributed by atoms with Crippen LogP contribution in [0.5, 0.6) is 17.2 Å². The Labute approximate surface area is 149 Å². The molecule has 0 N–H and O–H groups in total. The van der Waals surface area contributed by atoms with Crippen LogP contribution in [0.1, 0.15) is 18.4 Å². The molecule has 2 aromatic carbocycles. The molecule has 0 spiro atoms. The molecular formula is C21H24O4. The monoisotopic (exact) mass is 340 g/mol. The molecule has 1 aliphatic heterocycles. The standard InChI is InChI=1S/C21H24O4/c1-22-19-12-17(13-20(15-19)23-2)9-8-16-10-11-24-21(14-16)25-18-6-4-3-5-7-18/h3-9,12-13,15-16,21H,10-11,14H2,1-2H3. The molecule has 2 atom stereocenters. The minimum absolute atomic E-state index is 0.203. The molecule has 0 amide bonds. The Bertz CT molecular complexity index is 674. The molecule has 0 bridgehead atoms. The predicted molar refractivity (Wildman–Crippen MR) is 98.1 cm³/mol. The van der Waals surface area contributed by atoms with Crippen LogP contribution in [0.2, 0.25) is 0 Å². The van der Waals surface area contributed by atoms with Crippen molar-refractivity contribution in [2.75, 3.05) is 20.8 Å². The average Bonchev–Trinajstić information content (AvgIpc) is 2.67. The van der Waals surface area contributed by atoms with Crippen molar-refractivity contribution >= 4 is 6.08 Å². The van der Waals surface area contributed by atoms with Crippen molar-refractivity contribution in [3.8, 4) is 17.2 Å². The summed E-state index contributed by atoms with van der Waals surface area (Å²) in [5, 5.41) is 0. The van der Waals surface area contributed by atoms with Crippen molar-refractivity contribution < 1.29 is 18.9 Å². The molecule has 2 unspecified atom stereocenters. The van der Waals surface area contributed by atoms with E-state index in [1.165, 1.54) is 0 Å². The maximum Gasteiger partial charge on any atom is 0.200 e. The van der Waals surface area contributed by atoms with Gasteiger partial charge in [-0.25, -0.2) is 0 Å². The Morgan fingerprint density at radius 2 is 1.68 bits per heavy atom. The Morgan fingerprint density at radius 1 is 0.960 bits per heavy atom. The molecule has 132 valence electrons. The smallest absolute Gasteiger partial charge is 0.200 e. The molecule has 1 aliphatic rings. The van der Waals surface area contributed by atoms with Crippen LogP contribution in [0.3, 0.4) is 0 Å². The number of allylic oxidation sites excluding steroid dienone is 1. The van der Waals surface area contributed by atoms with Gasteiger partial charge in [-0.1, -0.05) is 30.4 Å². The van der Waals surface area contributed by atoms with E-state index in [9.17, 15) is 0 Å². The number of benzene rings is 2. The predicted octanol–water partition coefficient (Wildman–Crippen LogP) is 4.55.